The van der Waals surface area contributed by atoms with Gasteiger partial charge in [0.1, 0.15) is 12.0 Å². The van der Waals surface area contributed by atoms with Crippen LogP contribution >= 0.6 is 0 Å². The Balaban J connectivity index is 2.11. The lowest BCUT2D eigenvalue weighted by atomic mass is 10.1. The predicted octanol–water partition coefficient (Wildman–Crippen LogP) is 1.84. The van der Waals surface area contributed by atoms with Crippen molar-refractivity contribution in [3.63, 3.8) is 0 Å². The van der Waals surface area contributed by atoms with Crippen molar-refractivity contribution in [3.05, 3.63) is 42.4 Å². The van der Waals surface area contributed by atoms with Gasteiger partial charge in [-0.05, 0) is 23.3 Å². The molecular formula is C15H13N3O4S. The van der Waals surface area contributed by atoms with Crippen molar-refractivity contribution >= 4 is 22.9 Å². The van der Waals surface area contributed by atoms with Crippen molar-refractivity contribution in [2.45, 2.75) is 4.90 Å². The predicted molar refractivity (Wildman–Crippen MR) is 84.3 cm³/mol. The number of rotatable bonds is 4. The average Bonchev–Trinajstić information content (AvgIpc) is 2.96. The minimum Gasteiger partial charge on any atom is -0.612 e. The van der Waals surface area contributed by atoms with Crippen molar-refractivity contribution in [3.8, 4) is 17.0 Å². The third-order valence-corrected chi connectivity index (χ3v) is 4.26. The molecule has 8 heteroatoms. The molecule has 23 heavy (non-hydrogen) atoms. The number of nitrogens with zero attached hydrogens (tertiary/aromatic N) is 3. The molecule has 118 valence electrons. The lowest BCUT2D eigenvalue weighted by molar-refractivity contribution is 0.0696. The van der Waals surface area contributed by atoms with Crippen LogP contribution in [0.1, 0.15) is 10.4 Å². The summed E-state index contributed by atoms with van der Waals surface area (Å²) in [4.78, 5) is 20.1. The van der Waals surface area contributed by atoms with Crippen molar-refractivity contribution in [1.82, 2.24) is 14.4 Å². The first-order valence-corrected chi connectivity index (χ1v) is 8.15. The second-order valence-electron chi connectivity index (χ2n) is 4.80. The highest BCUT2D eigenvalue weighted by atomic mass is 32.2. The molecular weight excluding hydrogens is 318 g/mol. The fourth-order valence-corrected chi connectivity index (χ4v) is 2.72. The molecule has 1 aromatic carbocycles. The van der Waals surface area contributed by atoms with Crippen LogP contribution in [-0.4, -0.2) is 43.4 Å². The van der Waals surface area contributed by atoms with E-state index in [1.165, 1.54) is 19.5 Å². The Labute approximate surface area is 134 Å². The van der Waals surface area contributed by atoms with Crippen LogP contribution in [-0.2, 0) is 11.2 Å². The Bertz CT molecular complexity index is 892. The molecule has 0 saturated carbocycles. The Hall–Kier alpha value is -2.58. The molecule has 0 saturated heterocycles. The van der Waals surface area contributed by atoms with Gasteiger partial charge in [-0.1, -0.05) is 0 Å². The van der Waals surface area contributed by atoms with E-state index in [-0.39, 0.29) is 5.56 Å². The van der Waals surface area contributed by atoms with E-state index in [4.69, 9.17) is 9.84 Å². The van der Waals surface area contributed by atoms with Gasteiger partial charge in [0.25, 0.3) is 0 Å². The number of benzene rings is 1. The lowest BCUT2D eigenvalue weighted by Gasteiger charge is -2.09. The van der Waals surface area contributed by atoms with Crippen LogP contribution in [0.3, 0.4) is 0 Å². The van der Waals surface area contributed by atoms with Crippen LogP contribution in [0.5, 0.6) is 5.75 Å². The van der Waals surface area contributed by atoms with E-state index in [0.717, 1.165) is 0 Å². The average molecular weight is 331 g/mol. The molecule has 1 atom stereocenters. The van der Waals surface area contributed by atoms with E-state index in [9.17, 15) is 9.35 Å². The minimum absolute atomic E-state index is 0.0742. The number of aromatic carboxylic acids is 1. The molecule has 7 nitrogen and oxygen atoms in total. The van der Waals surface area contributed by atoms with Crippen LogP contribution in [0.15, 0.2) is 41.7 Å². The van der Waals surface area contributed by atoms with Gasteiger partial charge in [0.15, 0.2) is 4.90 Å². The third-order valence-electron chi connectivity index (χ3n) is 3.34. The van der Waals surface area contributed by atoms with E-state index < -0.39 is 17.1 Å². The number of carboxylic acid groups (broad SMARTS) is 1. The third kappa shape index (κ3) is 2.86. The van der Waals surface area contributed by atoms with Crippen LogP contribution in [0.25, 0.3) is 17.0 Å². The van der Waals surface area contributed by atoms with Gasteiger partial charge < -0.3 is 14.4 Å². The van der Waals surface area contributed by atoms with Gasteiger partial charge in [-0.15, -0.1) is 0 Å². The summed E-state index contributed by atoms with van der Waals surface area (Å²) in [5.41, 5.74) is 1.37. The summed E-state index contributed by atoms with van der Waals surface area (Å²) >= 11 is -1.11. The fraction of sp³-hybridized carbons (Fsp3) is 0.133. The van der Waals surface area contributed by atoms with E-state index >= 15 is 0 Å². The van der Waals surface area contributed by atoms with E-state index in [1.54, 1.807) is 35.1 Å². The number of imidazole rings is 1. The van der Waals surface area contributed by atoms with Gasteiger partial charge in [-0.3, -0.25) is 4.40 Å². The summed E-state index contributed by atoms with van der Waals surface area (Å²) in [6, 6.07) is 5.22. The first-order valence-electron chi connectivity index (χ1n) is 6.59. The Morgan fingerprint density at radius 3 is 2.83 bits per heavy atom. The van der Waals surface area contributed by atoms with E-state index in [1.807, 2.05) is 0 Å². The van der Waals surface area contributed by atoms with Gasteiger partial charge >= 0.3 is 5.97 Å². The molecule has 0 amide bonds. The maximum Gasteiger partial charge on any atom is 0.338 e. The molecule has 2 heterocycles. The van der Waals surface area contributed by atoms with Gasteiger partial charge in [-0.2, -0.15) is 0 Å². The number of ether oxygens (including phenoxy) is 1. The molecule has 0 aliphatic rings. The number of carbonyl (C=O) groups is 1. The zero-order chi connectivity index (χ0) is 16.6. The SMILES string of the molecule is COc1cc([S+](C)[O-])ccc1-c1cn2cc(C(=O)O)cnc2n1. The second kappa shape index (κ2) is 5.90. The molecule has 0 spiro atoms. The molecule has 0 aliphatic carbocycles. The number of aromatic nitrogens is 3. The molecule has 0 fully saturated rings. The zero-order valence-electron chi connectivity index (χ0n) is 12.4. The number of carboxylic acids is 1. The van der Waals surface area contributed by atoms with Crippen LogP contribution in [0.2, 0.25) is 0 Å². The summed E-state index contributed by atoms with van der Waals surface area (Å²) in [7, 11) is 1.53. The van der Waals surface area contributed by atoms with Crippen molar-refractivity contribution in [2.75, 3.05) is 13.4 Å². The lowest BCUT2D eigenvalue weighted by Crippen LogP contribution is -1.99. The second-order valence-corrected chi connectivity index (χ2v) is 6.18. The standard InChI is InChI=1S/C15H13N3O4S/c1-22-13-5-10(23(2)21)3-4-11(13)12-8-18-7-9(14(19)20)6-16-15(18)17-12/h3-8H,1-2H3,(H,19,20). The maximum atomic E-state index is 11.6. The largest absolute Gasteiger partial charge is 0.612 e. The summed E-state index contributed by atoms with van der Waals surface area (Å²) in [5.74, 6) is -0.128. The molecule has 0 aliphatic heterocycles. The first kappa shape index (κ1) is 15.3. The number of fused-ring (bicyclic) bond motifs is 1. The topological polar surface area (TPSA) is 99.8 Å². The molecule has 3 aromatic rings. The van der Waals surface area contributed by atoms with Gasteiger partial charge in [0, 0.05) is 30.2 Å². The maximum absolute atomic E-state index is 11.6. The summed E-state index contributed by atoms with van der Waals surface area (Å²) in [5, 5.41) is 9.01. The van der Waals surface area contributed by atoms with E-state index in [2.05, 4.69) is 9.97 Å². The quantitative estimate of drug-likeness (QED) is 0.732. The monoisotopic (exact) mass is 331 g/mol. The normalized spacial score (nSPS) is 12.3. The Morgan fingerprint density at radius 1 is 1.39 bits per heavy atom. The summed E-state index contributed by atoms with van der Waals surface area (Å²) in [6.07, 6.45) is 5.98. The van der Waals surface area contributed by atoms with Gasteiger partial charge in [-0.25, -0.2) is 14.8 Å². The van der Waals surface area contributed by atoms with Gasteiger partial charge in [0.05, 0.1) is 18.4 Å². The highest BCUT2D eigenvalue weighted by Gasteiger charge is 2.15. The van der Waals surface area contributed by atoms with Crippen molar-refractivity contribution in [2.24, 2.45) is 0 Å². The smallest absolute Gasteiger partial charge is 0.338 e. The number of methoxy groups -OCH3 is 1. The molecule has 0 radical (unpaired) electrons. The van der Waals surface area contributed by atoms with Crippen molar-refractivity contribution in [1.29, 1.82) is 0 Å². The minimum atomic E-state index is -1.11. The Kier molecular flexibility index (Phi) is 3.93. The summed E-state index contributed by atoms with van der Waals surface area (Å²) < 4.78 is 18.5. The molecule has 1 unspecified atom stereocenters. The summed E-state index contributed by atoms with van der Waals surface area (Å²) in [6.45, 7) is 0. The van der Waals surface area contributed by atoms with Crippen LogP contribution in [0, 0.1) is 0 Å². The number of hydrogen-bond acceptors (Lipinski definition) is 5. The van der Waals surface area contributed by atoms with Gasteiger partial charge in [0.2, 0.25) is 5.78 Å². The molecule has 1 N–H and O–H groups in total. The first-order chi connectivity index (χ1) is 11.0. The molecule has 0 bridgehead atoms. The van der Waals surface area contributed by atoms with Crippen LogP contribution in [0.4, 0.5) is 0 Å². The van der Waals surface area contributed by atoms with Crippen LogP contribution < -0.4 is 4.74 Å². The highest BCUT2D eigenvalue weighted by Crippen LogP contribution is 2.31. The highest BCUT2D eigenvalue weighted by molar-refractivity contribution is 7.90. The zero-order valence-corrected chi connectivity index (χ0v) is 13.2. The van der Waals surface area contributed by atoms with E-state index in [0.29, 0.717) is 27.7 Å². The Morgan fingerprint density at radius 2 is 2.17 bits per heavy atom. The number of hydrogen-bond donors (Lipinski definition) is 1. The molecule has 2 aromatic heterocycles. The van der Waals surface area contributed by atoms with Crippen molar-refractivity contribution < 1.29 is 19.2 Å². The fourth-order valence-electron chi connectivity index (χ4n) is 2.19. The molecule has 3 rings (SSSR count).